The molecule has 1 aliphatic heterocycles. The van der Waals surface area contributed by atoms with Crippen molar-refractivity contribution < 1.29 is 14.3 Å². The number of ether oxygens (including phenoxy) is 2. The fraction of sp³-hybridized carbons (Fsp3) is 0.421. The lowest BCUT2D eigenvalue weighted by molar-refractivity contribution is -0.120. The molecular formula is C19H22N6O3. The van der Waals surface area contributed by atoms with Crippen LogP contribution in [-0.2, 0) is 22.0 Å². The Balaban J connectivity index is 1.48. The van der Waals surface area contributed by atoms with Gasteiger partial charge in [0.05, 0.1) is 41.6 Å². The van der Waals surface area contributed by atoms with Crippen LogP contribution in [0.1, 0.15) is 18.5 Å². The van der Waals surface area contributed by atoms with Gasteiger partial charge in [-0.1, -0.05) is 0 Å². The van der Waals surface area contributed by atoms with E-state index in [1.165, 1.54) is 0 Å². The summed E-state index contributed by atoms with van der Waals surface area (Å²) >= 11 is 0. The van der Waals surface area contributed by atoms with Crippen molar-refractivity contribution in [1.29, 1.82) is 0 Å². The summed E-state index contributed by atoms with van der Waals surface area (Å²) < 4.78 is 14.7. The van der Waals surface area contributed by atoms with Crippen LogP contribution in [0.15, 0.2) is 30.6 Å². The van der Waals surface area contributed by atoms with E-state index in [-0.39, 0.29) is 5.91 Å². The van der Waals surface area contributed by atoms with Crippen LogP contribution in [0.5, 0.6) is 5.75 Å². The van der Waals surface area contributed by atoms with Gasteiger partial charge in [-0.3, -0.25) is 9.48 Å². The number of nitrogens with two attached hydrogens (primary N) is 2. The lowest BCUT2D eigenvalue weighted by atomic mass is 10.0. The summed E-state index contributed by atoms with van der Waals surface area (Å²) in [4.78, 5) is 11.8. The molecule has 28 heavy (non-hydrogen) atoms. The monoisotopic (exact) mass is 382 g/mol. The van der Waals surface area contributed by atoms with E-state index in [0.29, 0.717) is 25.6 Å². The van der Waals surface area contributed by atoms with Crippen LogP contribution >= 0.6 is 0 Å². The Morgan fingerprint density at radius 3 is 2.79 bits per heavy atom. The zero-order chi connectivity index (χ0) is 19.5. The third-order valence-electron chi connectivity index (χ3n) is 5.65. The first kappa shape index (κ1) is 17.2. The van der Waals surface area contributed by atoms with E-state index in [4.69, 9.17) is 20.9 Å². The maximum Gasteiger partial charge on any atom is 0.229 e. The van der Waals surface area contributed by atoms with Crippen molar-refractivity contribution in [2.45, 2.75) is 23.8 Å². The van der Waals surface area contributed by atoms with Gasteiger partial charge >= 0.3 is 0 Å². The summed E-state index contributed by atoms with van der Waals surface area (Å²) in [5, 5.41) is 8.89. The smallest absolute Gasteiger partial charge is 0.229 e. The van der Waals surface area contributed by atoms with E-state index in [9.17, 15) is 4.79 Å². The summed E-state index contributed by atoms with van der Waals surface area (Å²) in [6, 6.07) is 5.88. The van der Waals surface area contributed by atoms with Crippen molar-refractivity contribution in [1.82, 2.24) is 19.4 Å². The molecule has 1 saturated heterocycles. The highest BCUT2D eigenvalue weighted by Gasteiger charge is 2.52. The van der Waals surface area contributed by atoms with Gasteiger partial charge in [-0.15, -0.1) is 0 Å². The first-order valence-corrected chi connectivity index (χ1v) is 9.22. The van der Waals surface area contributed by atoms with E-state index >= 15 is 0 Å². The molecule has 0 radical (unpaired) electrons. The molecule has 5 rings (SSSR count). The fourth-order valence-electron chi connectivity index (χ4n) is 3.65. The van der Waals surface area contributed by atoms with Gasteiger partial charge in [-0.2, -0.15) is 10.2 Å². The molecule has 0 unspecified atom stereocenters. The Bertz CT molecular complexity index is 1080. The lowest BCUT2D eigenvalue weighted by Gasteiger charge is -2.37. The van der Waals surface area contributed by atoms with Crippen LogP contribution in [0.3, 0.4) is 0 Å². The van der Waals surface area contributed by atoms with E-state index in [2.05, 4.69) is 10.2 Å². The second-order valence-electron chi connectivity index (χ2n) is 7.89. The standard InChI is InChI=1S/C19H22N6O3/c1-24-16(14(8-22-24)28-11-18(21)9-27-10-18)12-2-5-25-13(6-12)7-15(23-25)19(3-4-19)17(20)26/h2,5-8H,3-4,9-11,21H2,1H3,(H2,20,26). The van der Waals surface area contributed by atoms with Crippen LogP contribution < -0.4 is 16.2 Å². The Morgan fingerprint density at radius 2 is 2.14 bits per heavy atom. The number of hydrogen-bond acceptors (Lipinski definition) is 6. The number of fused-ring (bicyclic) bond motifs is 1. The zero-order valence-corrected chi connectivity index (χ0v) is 15.6. The number of rotatable bonds is 6. The Morgan fingerprint density at radius 1 is 1.36 bits per heavy atom. The summed E-state index contributed by atoms with van der Waals surface area (Å²) in [5.74, 6) is 0.355. The average Bonchev–Trinajstić information content (AvgIpc) is 3.23. The van der Waals surface area contributed by atoms with E-state index in [1.54, 1.807) is 15.4 Å². The highest BCUT2D eigenvalue weighted by molar-refractivity contribution is 5.89. The molecule has 146 valence electrons. The number of nitrogens with zero attached hydrogens (tertiary/aromatic N) is 4. The second kappa shape index (κ2) is 5.79. The molecule has 0 aromatic carbocycles. The maximum absolute atomic E-state index is 11.8. The highest BCUT2D eigenvalue weighted by Crippen LogP contribution is 2.47. The molecule has 1 aliphatic carbocycles. The molecule has 2 fully saturated rings. The van der Waals surface area contributed by atoms with E-state index in [1.807, 2.05) is 31.4 Å². The van der Waals surface area contributed by atoms with Gasteiger partial charge in [0.15, 0.2) is 5.75 Å². The SMILES string of the molecule is Cn1ncc(OCC2(N)COC2)c1-c1ccn2nc(C3(C(N)=O)CC3)cc2c1. The number of amides is 1. The number of carbonyl (C=O) groups is 1. The number of pyridine rings is 1. The quantitative estimate of drug-likeness (QED) is 0.635. The molecule has 0 spiro atoms. The molecular weight excluding hydrogens is 360 g/mol. The molecule has 0 bridgehead atoms. The topological polar surface area (TPSA) is 123 Å². The normalized spacial score (nSPS) is 19.4. The minimum absolute atomic E-state index is 0.311. The number of primary amides is 1. The van der Waals surface area contributed by atoms with Crippen LogP contribution in [0.2, 0.25) is 0 Å². The third-order valence-corrected chi connectivity index (χ3v) is 5.65. The van der Waals surface area contributed by atoms with E-state index in [0.717, 1.165) is 35.3 Å². The average molecular weight is 382 g/mol. The Hall–Kier alpha value is -2.91. The lowest BCUT2D eigenvalue weighted by Crippen LogP contribution is -2.61. The van der Waals surface area contributed by atoms with Gasteiger partial charge in [-0.25, -0.2) is 4.52 Å². The van der Waals surface area contributed by atoms with Crippen LogP contribution in [0.4, 0.5) is 0 Å². The first-order valence-electron chi connectivity index (χ1n) is 9.22. The molecule has 0 atom stereocenters. The molecule has 9 nitrogen and oxygen atoms in total. The van der Waals surface area contributed by atoms with Crippen LogP contribution in [0.25, 0.3) is 16.8 Å². The van der Waals surface area contributed by atoms with Crippen molar-refractivity contribution in [2.75, 3.05) is 19.8 Å². The van der Waals surface area contributed by atoms with Crippen molar-refractivity contribution >= 4 is 11.4 Å². The van der Waals surface area contributed by atoms with Gasteiger partial charge in [0.2, 0.25) is 5.91 Å². The van der Waals surface area contributed by atoms with Crippen LogP contribution in [-0.4, -0.2) is 50.7 Å². The largest absolute Gasteiger partial charge is 0.488 e. The number of aryl methyl sites for hydroxylation is 1. The number of aromatic nitrogens is 4. The zero-order valence-electron chi connectivity index (χ0n) is 15.6. The van der Waals surface area contributed by atoms with Gasteiger partial charge in [0.1, 0.15) is 12.3 Å². The fourth-order valence-corrected chi connectivity index (χ4v) is 3.65. The third kappa shape index (κ3) is 2.58. The summed E-state index contributed by atoms with van der Waals surface area (Å²) in [6.45, 7) is 1.36. The van der Waals surface area contributed by atoms with Crippen molar-refractivity contribution in [3.8, 4) is 17.0 Å². The van der Waals surface area contributed by atoms with Gasteiger partial charge in [-0.05, 0) is 31.0 Å². The van der Waals surface area contributed by atoms with Crippen molar-refractivity contribution in [3.63, 3.8) is 0 Å². The predicted molar refractivity (Wildman–Crippen MR) is 101 cm³/mol. The first-order chi connectivity index (χ1) is 13.4. The second-order valence-corrected chi connectivity index (χ2v) is 7.89. The number of hydrogen-bond donors (Lipinski definition) is 2. The molecule has 1 saturated carbocycles. The van der Waals surface area contributed by atoms with Crippen LogP contribution in [0, 0.1) is 0 Å². The van der Waals surface area contributed by atoms with E-state index < -0.39 is 11.0 Å². The van der Waals surface area contributed by atoms with Gasteiger partial charge in [0, 0.05) is 18.8 Å². The minimum Gasteiger partial charge on any atom is -0.488 e. The Kier molecular flexibility index (Phi) is 3.56. The molecule has 9 heteroatoms. The molecule has 1 amide bonds. The summed E-state index contributed by atoms with van der Waals surface area (Å²) in [5.41, 5.74) is 14.1. The van der Waals surface area contributed by atoms with Gasteiger partial charge in [0.25, 0.3) is 0 Å². The molecule has 2 aliphatic rings. The molecule has 4 heterocycles. The van der Waals surface area contributed by atoms with Gasteiger partial charge < -0.3 is 20.9 Å². The van der Waals surface area contributed by atoms with Crippen molar-refractivity contribution in [3.05, 3.63) is 36.3 Å². The minimum atomic E-state index is -0.604. The number of carbonyl (C=O) groups excluding carboxylic acids is 1. The highest BCUT2D eigenvalue weighted by atomic mass is 16.5. The summed E-state index contributed by atoms with van der Waals surface area (Å²) in [6.07, 6.45) is 5.06. The molecule has 3 aromatic heterocycles. The summed E-state index contributed by atoms with van der Waals surface area (Å²) in [7, 11) is 1.87. The van der Waals surface area contributed by atoms with Crippen molar-refractivity contribution in [2.24, 2.45) is 18.5 Å². The maximum atomic E-state index is 11.8. The predicted octanol–water partition coefficient (Wildman–Crippen LogP) is 0.358. The molecule has 4 N–H and O–H groups in total. The molecule has 3 aromatic rings. The Labute approximate surface area is 161 Å².